The summed E-state index contributed by atoms with van der Waals surface area (Å²) in [7, 11) is 0. The molecule has 0 amide bonds. The average Bonchev–Trinajstić information content (AvgIpc) is 3.07. The lowest BCUT2D eigenvalue weighted by Crippen LogP contribution is -2.23. The molecule has 7 nitrogen and oxygen atoms in total. The molecular formula is C40H42O7. The first-order valence-corrected chi connectivity index (χ1v) is 15.7. The average molecular weight is 635 g/mol. The number of hydrogen-bond donors (Lipinski definition) is 0. The predicted octanol–water partition coefficient (Wildman–Crippen LogP) is 8.50. The number of carbonyl (C=O) groups is 3. The van der Waals surface area contributed by atoms with Gasteiger partial charge in [-0.05, 0) is 74.2 Å². The smallest absolute Gasteiger partial charge is 0.333 e. The quantitative estimate of drug-likeness (QED) is 0.0561. The lowest BCUT2D eigenvalue weighted by Gasteiger charge is -2.16. The van der Waals surface area contributed by atoms with Crippen molar-refractivity contribution in [3.63, 3.8) is 0 Å². The molecule has 0 aliphatic carbocycles. The van der Waals surface area contributed by atoms with Crippen LogP contribution in [0.4, 0.5) is 0 Å². The van der Waals surface area contributed by atoms with Crippen LogP contribution in [0, 0.1) is 5.41 Å². The van der Waals surface area contributed by atoms with Crippen molar-refractivity contribution < 1.29 is 33.3 Å². The minimum Gasteiger partial charge on any atom is -0.493 e. The Labute approximate surface area is 277 Å². The maximum atomic E-state index is 13.2. The van der Waals surface area contributed by atoms with E-state index in [1.165, 1.54) is 0 Å². The van der Waals surface area contributed by atoms with Gasteiger partial charge in [-0.1, -0.05) is 79.4 Å². The summed E-state index contributed by atoms with van der Waals surface area (Å²) in [5, 5.41) is 0. The van der Waals surface area contributed by atoms with Gasteiger partial charge in [-0.15, -0.1) is 0 Å². The van der Waals surface area contributed by atoms with Crippen molar-refractivity contribution in [1.29, 1.82) is 0 Å². The molecule has 47 heavy (non-hydrogen) atoms. The van der Waals surface area contributed by atoms with Gasteiger partial charge in [0.05, 0.1) is 31.8 Å². The van der Waals surface area contributed by atoms with Crippen LogP contribution >= 0.6 is 0 Å². The van der Waals surface area contributed by atoms with E-state index in [1.807, 2.05) is 118 Å². The monoisotopic (exact) mass is 634 g/mol. The lowest BCUT2D eigenvalue weighted by atomic mass is 9.97. The van der Waals surface area contributed by atoms with Crippen LogP contribution < -0.4 is 9.47 Å². The third-order valence-corrected chi connectivity index (χ3v) is 7.21. The topological polar surface area (TPSA) is 88.1 Å². The SMILES string of the molecule is C=C(C)C(=O)OCCCOc1ccc(-c2ccc(C(=O)c3ccc(-c4ccc(OCCCOC(=O)C(C)(C)C)cc4)cc3)cc2)cc1. The Bertz CT molecular complexity index is 1640. The second-order valence-electron chi connectivity index (χ2n) is 12.2. The van der Waals surface area contributed by atoms with Gasteiger partial charge in [-0.3, -0.25) is 9.59 Å². The fourth-order valence-corrected chi connectivity index (χ4v) is 4.45. The summed E-state index contributed by atoms with van der Waals surface area (Å²) in [5.74, 6) is 0.820. The van der Waals surface area contributed by atoms with Crippen molar-refractivity contribution in [2.45, 2.75) is 40.5 Å². The molecule has 0 unspecified atom stereocenters. The maximum absolute atomic E-state index is 13.2. The van der Waals surface area contributed by atoms with Crippen molar-refractivity contribution in [3.8, 4) is 33.8 Å². The Morgan fingerprint density at radius 2 is 0.915 bits per heavy atom. The highest BCUT2D eigenvalue weighted by Crippen LogP contribution is 2.26. The van der Waals surface area contributed by atoms with Gasteiger partial charge in [-0.25, -0.2) is 4.79 Å². The molecule has 0 aromatic heterocycles. The maximum Gasteiger partial charge on any atom is 0.333 e. The normalized spacial score (nSPS) is 11.0. The van der Waals surface area contributed by atoms with Gasteiger partial charge in [0.25, 0.3) is 0 Å². The molecule has 0 atom stereocenters. The Morgan fingerprint density at radius 1 is 0.553 bits per heavy atom. The van der Waals surface area contributed by atoms with Gasteiger partial charge in [-0.2, -0.15) is 0 Å². The Hall–Kier alpha value is -5.17. The van der Waals surface area contributed by atoms with Crippen LogP contribution in [0.5, 0.6) is 11.5 Å². The molecule has 244 valence electrons. The first-order valence-electron chi connectivity index (χ1n) is 15.7. The lowest BCUT2D eigenvalue weighted by molar-refractivity contribution is -0.153. The van der Waals surface area contributed by atoms with Crippen LogP contribution in [0.15, 0.2) is 109 Å². The molecule has 7 heteroatoms. The van der Waals surface area contributed by atoms with Crippen LogP contribution in [-0.2, 0) is 19.1 Å². The van der Waals surface area contributed by atoms with Crippen LogP contribution in [0.2, 0.25) is 0 Å². The zero-order valence-electron chi connectivity index (χ0n) is 27.5. The van der Waals surface area contributed by atoms with Crippen LogP contribution in [0.25, 0.3) is 22.3 Å². The van der Waals surface area contributed by atoms with Crippen molar-refractivity contribution in [3.05, 3.63) is 120 Å². The molecule has 0 N–H and O–H groups in total. The largest absolute Gasteiger partial charge is 0.493 e. The standard InChI is InChI=1S/C40H42O7/c1-28(2)38(42)46-26-6-24-44-35-20-16-31(17-21-35)29-8-12-33(13-9-29)37(41)34-14-10-30(11-15-34)32-18-22-36(23-19-32)45-25-7-27-47-39(43)40(3,4)5/h8-23H,1,6-7,24-27H2,2-5H3. The van der Waals surface area contributed by atoms with Crippen molar-refractivity contribution in [2.24, 2.45) is 5.41 Å². The van der Waals surface area contributed by atoms with E-state index in [-0.39, 0.29) is 18.4 Å². The summed E-state index contributed by atoms with van der Waals surface area (Å²) in [4.78, 5) is 36.4. The number of rotatable bonds is 15. The number of hydrogen-bond acceptors (Lipinski definition) is 7. The third-order valence-electron chi connectivity index (χ3n) is 7.21. The van der Waals surface area contributed by atoms with E-state index < -0.39 is 11.4 Å². The number of esters is 2. The van der Waals surface area contributed by atoms with Gasteiger partial charge in [0, 0.05) is 29.5 Å². The second-order valence-corrected chi connectivity index (χ2v) is 12.2. The van der Waals surface area contributed by atoms with Crippen molar-refractivity contribution in [2.75, 3.05) is 26.4 Å². The summed E-state index contributed by atoms with van der Waals surface area (Å²) >= 11 is 0. The summed E-state index contributed by atoms with van der Waals surface area (Å²) in [6.45, 7) is 12.2. The van der Waals surface area contributed by atoms with Gasteiger partial charge in [0.2, 0.25) is 0 Å². The molecule has 0 aliphatic rings. The Morgan fingerprint density at radius 3 is 1.28 bits per heavy atom. The third kappa shape index (κ3) is 10.4. The Balaban J connectivity index is 1.24. The number of ketones is 1. The molecule has 4 aromatic rings. The molecule has 0 spiro atoms. The highest BCUT2D eigenvalue weighted by atomic mass is 16.5. The molecule has 0 heterocycles. The van der Waals surface area contributed by atoms with E-state index in [9.17, 15) is 14.4 Å². The first-order chi connectivity index (χ1) is 22.5. The molecule has 4 rings (SSSR count). The van der Waals surface area contributed by atoms with E-state index in [1.54, 1.807) is 6.92 Å². The predicted molar refractivity (Wildman–Crippen MR) is 184 cm³/mol. The van der Waals surface area contributed by atoms with Gasteiger partial charge >= 0.3 is 11.9 Å². The molecule has 0 aliphatic heterocycles. The summed E-state index contributed by atoms with van der Waals surface area (Å²) in [6.07, 6.45) is 1.20. The zero-order chi connectivity index (χ0) is 33.8. The number of ether oxygens (including phenoxy) is 4. The van der Waals surface area contributed by atoms with Gasteiger partial charge < -0.3 is 18.9 Å². The molecule has 0 saturated carbocycles. The van der Waals surface area contributed by atoms with Crippen LogP contribution in [-0.4, -0.2) is 44.1 Å². The minimum absolute atomic E-state index is 0.0438. The minimum atomic E-state index is -0.506. The van der Waals surface area contributed by atoms with E-state index >= 15 is 0 Å². The van der Waals surface area contributed by atoms with E-state index in [2.05, 4.69) is 6.58 Å². The van der Waals surface area contributed by atoms with Gasteiger partial charge in [0.1, 0.15) is 11.5 Å². The number of benzene rings is 4. The first kappa shape index (κ1) is 34.7. The molecule has 0 fully saturated rings. The molecule has 0 bridgehead atoms. The highest BCUT2D eigenvalue weighted by Gasteiger charge is 2.22. The zero-order valence-corrected chi connectivity index (χ0v) is 27.5. The van der Waals surface area contributed by atoms with E-state index in [0.717, 1.165) is 33.8 Å². The van der Waals surface area contributed by atoms with E-state index in [0.29, 0.717) is 49.4 Å². The van der Waals surface area contributed by atoms with E-state index in [4.69, 9.17) is 18.9 Å². The van der Waals surface area contributed by atoms with Gasteiger partial charge in [0.15, 0.2) is 5.78 Å². The summed E-state index contributed by atoms with van der Waals surface area (Å²) < 4.78 is 21.9. The Kier molecular flexibility index (Phi) is 12.1. The van der Waals surface area contributed by atoms with Crippen LogP contribution in [0.1, 0.15) is 56.5 Å². The fraction of sp³-hybridized carbons (Fsp3) is 0.275. The van der Waals surface area contributed by atoms with Crippen LogP contribution in [0.3, 0.4) is 0 Å². The summed E-state index contributed by atoms with van der Waals surface area (Å²) in [6, 6.07) is 30.6. The summed E-state index contributed by atoms with van der Waals surface area (Å²) in [5.41, 5.74) is 5.12. The molecule has 0 radical (unpaired) electrons. The van der Waals surface area contributed by atoms with Crippen molar-refractivity contribution in [1.82, 2.24) is 0 Å². The fourth-order valence-electron chi connectivity index (χ4n) is 4.45. The van der Waals surface area contributed by atoms with Crippen molar-refractivity contribution >= 4 is 17.7 Å². The number of carbonyl (C=O) groups excluding carboxylic acids is 3. The highest BCUT2D eigenvalue weighted by molar-refractivity contribution is 6.09. The second kappa shape index (κ2) is 16.4. The molecule has 0 saturated heterocycles. The molecular weight excluding hydrogens is 592 g/mol. The molecule has 4 aromatic carbocycles.